The first-order valence-corrected chi connectivity index (χ1v) is 11.8. The zero-order chi connectivity index (χ0) is 21.8. The van der Waals surface area contributed by atoms with Gasteiger partial charge in [0.15, 0.2) is 5.82 Å². The molecule has 0 spiro atoms. The molecule has 0 N–H and O–H groups in total. The van der Waals surface area contributed by atoms with Gasteiger partial charge in [-0.25, -0.2) is 4.98 Å². The highest BCUT2D eigenvalue weighted by atomic mass is 15.3. The molecule has 3 aromatic heterocycles. The Morgan fingerprint density at radius 1 is 0.879 bits per heavy atom. The van der Waals surface area contributed by atoms with Gasteiger partial charge in [0.1, 0.15) is 17.8 Å². The van der Waals surface area contributed by atoms with Crippen molar-refractivity contribution < 1.29 is 0 Å². The number of para-hydroxylation sites is 1. The van der Waals surface area contributed by atoms with Gasteiger partial charge in [0.25, 0.3) is 0 Å². The number of rotatable bonds is 5. The predicted molar refractivity (Wildman–Crippen MR) is 128 cm³/mol. The van der Waals surface area contributed by atoms with Crippen molar-refractivity contribution in [2.45, 2.75) is 37.6 Å². The first-order chi connectivity index (χ1) is 16.3. The molecule has 6 heteroatoms. The Bertz CT molecular complexity index is 1360. The Kier molecular flexibility index (Phi) is 4.19. The highest BCUT2D eigenvalue weighted by Gasteiger charge is 2.28. The molecule has 2 aliphatic carbocycles. The number of anilines is 2. The van der Waals surface area contributed by atoms with Crippen molar-refractivity contribution in [3.63, 3.8) is 0 Å². The molecule has 0 radical (unpaired) electrons. The van der Waals surface area contributed by atoms with Crippen LogP contribution in [0.25, 0.3) is 17.1 Å². The van der Waals surface area contributed by atoms with Crippen LogP contribution in [0, 0.1) is 0 Å². The average Bonchev–Trinajstić information content (AvgIpc) is 3.82. The van der Waals surface area contributed by atoms with E-state index in [9.17, 15) is 0 Å². The quantitative estimate of drug-likeness (QED) is 0.415. The minimum Gasteiger partial charge on any atom is -0.322 e. The first-order valence-electron chi connectivity index (χ1n) is 11.8. The van der Waals surface area contributed by atoms with Gasteiger partial charge in [-0.3, -0.25) is 4.98 Å². The fraction of sp³-hybridized carbons (Fsp3) is 0.259. The van der Waals surface area contributed by atoms with Gasteiger partial charge in [-0.1, -0.05) is 36.4 Å². The van der Waals surface area contributed by atoms with Gasteiger partial charge in [-0.05, 0) is 55.5 Å². The van der Waals surface area contributed by atoms with Gasteiger partial charge in [-0.2, -0.15) is 0 Å². The van der Waals surface area contributed by atoms with E-state index in [4.69, 9.17) is 9.97 Å². The lowest BCUT2D eigenvalue weighted by Gasteiger charge is -2.30. The van der Waals surface area contributed by atoms with Crippen LogP contribution < -0.4 is 4.90 Å². The van der Waals surface area contributed by atoms with Crippen LogP contribution in [0.3, 0.4) is 0 Å². The summed E-state index contributed by atoms with van der Waals surface area (Å²) < 4.78 is 2.16. The fourth-order valence-corrected chi connectivity index (χ4v) is 4.75. The lowest BCUT2D eigenvalue weighted by molar-refractivity contribution is 0.743. The fourth-order valence-electron chi connectivity index (χ4n) is 4.75. The van der Waals surface area contributed by atoms with Gasteiger partial charge in [0.2, 0.25) is 0 Å². The third kappa shape index (κ3) is 3.33. The topological polar surface area (TPSA) is 59.7 Å². The van der Waals surface area contributed by atoms with E-state index in [1.165, 1.54) is 48.1 Å². The van der Waals surface area contributed by atoms with E-state index in [1.54, 1.807) is 0 Å². The number of hydrogen-bond donors (Lipinski definition) is 0. The second-order valence-corrected chi connectivity index (χ2v) is 9.17. The van der Waals surface area contributed by atoms with E-state index in [2.05, 4.69) is 74.3 Å². The monoisotopic (exact) mass is 432 g/mol. The summed E-state index contributed by atoms with van der Waals surface area (Å²) in [4.78, 5) is 12.0. The largest absolute Gasteiger partial charge is 0.322 e. The Balaban J connectivity index is 1.25. The van der Waals surface area contributed by atoms with Crippen LogP contribution >= 0.6 is 0 Å². The maximum absolute atomic E-state index is 5.01. The predicted octanol–water partition coefficient (Wildman–Crippen LogP) is 5.53. The molecule has 0 unspecified atom stereocenters. The van der Waals surface area contributed by atoms with Crippen LogP contribution in [0.2, 0.25) is 0 Å². The summed E-state index contributed by atoms with van der Waals surface area (Å²) in [5, 5.41) is 8.51. The van der Waals surface area contributed by atoms with Crippen molar-refractivity contribution >= 4 is 17.1 Å². The standard InChI is InChI=1S/C27H24N6/c1-2-6-25-22(4-1)21(19-10-13-23(28-16-19)18-8-9-18)14-15-32(25)26-7-3-5-24(30-26)27-31-29-17-33(27)20-11-12-20/h1-7,10,13-14,16-18,20H,8-9,11-12,15H2. The maximum atomic E-state index is 5.01. The maximum Gasteiger partial charge on any atom is 0.182 e. The van der Waals surface area contributed by atoms with Crippen molar-refractivity contribution in [2.75, 3.05) is 11.4 Å². The summed E-state index contributed by atoms with van der Waals surface area (Å²) in [6, 6.07) is 19.7. The molecule has 2 fully saturated rings. The van der Waals surface area contributed by atoms with Gasteiger partial charge >= 0.3 is 0 Å². The number of benzene rings is 1. The molecule has 1 aromatic carbocycles. The number of fused-ring (bicyclic) bond motifs is 1. The van der Waals surface area contributed by atoms with Gasteiger partial charge < -0.3 is 9.47 Å². The number of nitrogens with zero attached hydrogens (tertiary/aromatic N) is 6. The van der Waals surface area contributed by atoms with Crippen molar-refractivity contribution in [1.82, 2.24) is 24.7 Å². The normalized spacial score (nSPS) is 17.6. The molecule has 1 aliphatic heterocycles. The van der Waals surface area contributed by atoms with E-state index in [-0.39, 0.29) is 0 Å². The number of pyridine rings is 2. The van der Waals surface area contributed by atoms with Gasteiger partial charge in [-0.15, -0.1) is 10.2 Å². The second-order valence-electron chi connectivity index (χ2n) is 9.17. The Labute approximate surface area is 192 Å². The molecule has 3 aliphatic rings. The molecule has 0 bridgehead atoms. The molecular formula is C27H24N6. The molecule has 0 atom stereocenters. The average molecular weight is 433 g/mol. The third-order valence-electron chi connectivity index (χ3n) is 6.81. The highest BCUT2D eigenvalue weighted by molar-refractivity contribution is 5.90. The zero-order valence-corrected chi connectivity index (χ0v) is 18.3. The molecule has 0 amide bonds. The minimum absolute atomic E-state index is 0.515. The van der Waals surface area contributed by atoms with Crippen molar-refractivity contribution in [1.29, 1.82) is 0 Å². The molecule has 4 aromatic rings. The lowest BCUT2D eigenvalue weighted by Crippen LogP contribution is -2.23. The van der Waals surface area contributed by atoms with E-state index in [0.717, 1.165) is 29.6 Å². The lowest BCUT2D eigenvalue weighted by atomic mass is 9.93. The second kappa shape index (κ2) is 7.37. The summed E-state index contributed by atoms with van der Waals surface area (Å²) in [6.07, 6.45) is 11.1. The number of hydrogen-bond acceptors (Lipinski definition) is 5. The van der Waals surface area contributed by atoms with E-state index < -0.39 is 0 Å². The smallest absolute Gasteiger partial charge is 0.182 e. The van der Waals surface area contributed by atoms with Gasteiger partial charge in [0, 0.05) is 41.5 Å². The van der Waals surface area contributed by atoms with Crippen LogP contribution in [0.15, 0.2) is 73.2 Å². The summed E-state index contributed by atoms with van der Waals surface area (Å²) in [7, 11) is 0. The molecule has 162 valence electrons. The SMILES string of the molecule is C1=C(c2ccc(C3CC3)nc2)c2ccccc2N(c2cccc(-c3nncn3C3CC3)n2)C1. The highest BCUT2D eigenvalue weighted by Crippen LogP contribution is 2.42. The molecule has 4 heterocycles. The Morgan fingerprint density at radius 3 is 2.61 bits per heavy atom. The molecule has 6 nitrogen and oxygen atoms in total. The third-order valence-corrected chi connectivity index (χ3v) is 6.81. The van der Waals surface area contributed by atoms with Crippen molar-refractivity contribution in [3.05, 3.63) is 90.0 Å². The zero-order valence-electron chi connectivity index (χ0n) is 18.3. The van der Waals surface area contributed by atoms with Crippen LogP contribution in [0.5, 0.6) is 0 Å². The molecule has 0 saturated heterocycles. The van der Waals surface area contributed by atoms with Crippen molar-refractivity contribution in [2.24, 2.45) is 0 Å². The molecule has 33 heavy (non-hydrogen) atoms. The van der Waals surface area contributed by atoms with Gasteiger partial charge in [0.05, 0.1) is 5.69 Å². The van der Waals surface area contributed by atoms with E-state index >= 15 is 0 Å². The minimum atomic E-state index is 0.515. The van der Waals surface area contributed by atoms with Crippen molar-refractivity contribution in [3.8, 4) is 11.5 Å². The van der Waals surface area contributed by atoms with Crippen LogP contribution in [-0.4, -0.2) is 31.3 Å². The molecule has 2 saturated carbocycles. The van der Waals surface area contributed by atoms with Crippen LogP contribution in [0.4, 0.5) is 11.5 Å². The Morgan fingerprint density at radius 2 is 1.79 bits per heavy atom. The van der Waals surface area contributed by atoms with E-state index in [1.807, 2.05) is 18.6 Å². The van der Waals surface area contributed by atoms with Crippen LogP contribution in [0.1, 0.15) is 54.5 Å². The number of aromatic nitrogens is 5. The summed E-state index contributed by atoms with van der Waals surface area (Å²) in [5.41, 5.74) is 6.87. The molecular weight excluding hydrogens is 408 g/mol. The molecule has 7 rings (SSSR count). The van der Waals surface area contributed by atoms with Crippen LogP contribution in [-0.2, 0) is 0 Å². The Hall–Kier alpha value is -3.80. The summed E-state index contributed by atoms with van der Waals surface area (Å²) >= 11 is 0. The summed E-state index contributed by atoms with van der Waals surface area (Å²) in [5.74, 6) is 2.44. The van der Waals surface area contributed by atoms with E-state index in [0.29, 0.717) is 12.0 Å². The summed E-state index contributed by atoms with van der Waals surface area (Å²) in [6.45, 7) is 0.752. The first kappa shape index (κ1) is 18.7.